The fraction of sp³-hybridized carbons (Fsp3) is 0.200. The molecule has 0 saturated heterocycles. The normalized spacial score (nSPS) is 10.9. The van der Waals surface area contributed by atoms with Gasteiger partial charge in [-0.3, -0.25) is 20.9 Å². The number of quaternary nitrogens is 1. The minimum absolute atomic E-state index is 0.0232. The smallest absolute Gasteiger partial charge is 0.347 e. The predicted molar refractivity (Wildman–Crippen MR) is 255 cm³/mol. The maximum Gasteiger partial charge on any atom is 0.347 e. The molecule has 354 valence electrons. The Morgan fingerprint density at radius 1 is 0.662 bits per heavy atom. The fourth-order valence-corrected chi connectivity index (χ4v) is 6.75. The SMILES string of the molecule is COc1cc(N(C)C)ccc1[NH2+]c1cc(F)c(NNc2ccc(C(=O)Oc3ccc(C(=O)Oc4cc(OC)c(/C=C/c5ccc([N+](=O)[O-])cc5)c(OC)c4)c(OC)c3)c(OC(C)C)c2)c(OC)c1. The van der Waals surface area contributed by atoms with Crippen molar-refractivity contribution >= 4 is 58.2 Å². The number of carbonyl (C=O) groups excluding carboxylic acids is 2. The van der Waals surface area contributed by atoms with E-state index in [1.807, 2.05) is 37.2 Å². The van der Waals surface area contributed by atoms with Crippen molar-refractivity contribution in [1.82, 2.24) is 0 Å². The van der Waals surface area contributed by atoms with Gasteiger partial charge in [-0.15, -0.1) is 0 Å². The number of anilines is 3. The Kier molecular flexibility index (Phi) is 15.9. The lowest BCUT2D eigenvalue weighted by Crippen LogP contribution is -2.71. The molecule has 0 heterocycles. The first-order valence-electron chi connectivity index (χ1n) is 20.9. The van der Waals surface area contributed by atoms with E-state index in [1.165, 1.54) is 83.0 Å². The molecule has 4 N–H and O–H groups in total. The molecule has 0 aliphatic rings. The highest BCUT2D eigenvalue weighted by molar-refractivity contribution is 5.96. The largest absolute Gasteiger partial charge is 0.496 e. The first-order valence-corrected chi connectivity index (χ1v) is 20.9. The summed E-state index contributed by atoms with van der Waals surface area (Å²) in [6.45, 7) is 3.59. The zero-order chi connectivity index (χ0) is 49.1. The number of esters is 2. The number of nitrogens with zero attached hydrogens (tertiary/aromatic N) is 2. The highest BCUT2D eigenvalue weighted by atomic mass is 19.1. The van der Waals surface area contributed by atoms with Gasteiger partial charge in [0.1, 0.15) is 57.0 Å². The number of methoxy groups -OCH3 is 5. The molecule has 18 heteroatoms. The first-order chi connectivity index (χ1) is 32.6. The summed E-state index contributed by atoms with van der Waals surface area (Å²) in [5.74, 6) is -0.285. The average Bonchev–Trinajstić information content (AvgIpc) is 3.32. The quantitative estimate of drug-likeness (QED) is 0.0164. The van der Waals surface area contributed by atoms with Crippen molar-refractivity contribution < 1.29 is 62.1 Å². The average molecular weight is 933 g/mol. The molecule has 0 atom stereocenters. The second-order valence-corrected chi connectivity index (χ2v) is 15.2. The topological polar surface area (TPSA) is 195 Å². The molecule has 0 amide bonds. The molecule has 6 rings (SSSR count). The predicted octanol–water partition coefficient (Wildman–Crippen LogP) is 9.20. The van der Waals surface area contributed by atoms with Gasteiger partial charge in [-0.25, -0.2) is 14.0 Å². The molecule has 0 spiro atoms. The van der Waals surface area contributed by atoms with E-state index in [-0.39, 0.29) is 57.4 Å². The third kappa shape index (κ3) is 11.8. The van der Waals surface area contributed by atoms with Gasteiger partial charge in [-0.1, -0.05) is 6.08 Å². The number of halogens is 1. The number of nitro groups is 1. The molecule has 0 aromatic heterocycles. The van der Waals surface area contributed by atoms with E-state index >= 15 is 4.39 Å². The van der Waals surface area contributed by atoms with E-state index in [2.05, 4.69) is 10.9 Å². The second kappa shape index (κ2) is 22.1. The van der Waals surface area contributed by atoms with Crippen LogP contribution in [0.15, 0.2) is 103 Å². The number of carbonyl (C=O) groups is 2. The summed E-state index contributed by atoms with van der Waals surface area (Å²) in [6, 6.07) is 26.6. The van der Waals surface area contributed by atoms with Crippen molar-refractivity contribution in [2.45, 2.75) is 20.0 Å². The number of rotatable bonds is 20. The minimum atomic E-state index is -0.791. The van der Waals surface area contributed by atoms with Crippen LogP contribution in [-0.2, 0) is 0 Å². The Morgan fingerprint density at radius 3 is 1.87 bits per heavy atom. The van der Waals surface area contributed by atoms with Crippen molar-refractivity contribution in [3.63, 3.8) is 0 Å². The molecule has 0 bridgehead atoms. The Balaban J connectivity index is 1.14. The zero-order valence-corrected chi connectivity index (χ0v) is 38.8. The summed E-state index contributed by atoms with van der Waals surface area (Å²) >= 11 is 0. The number of hydrogen-bond acceptors (Lipinski definition) is 15. The van der Waals surface area contributed by atoms with Crippen LogP contribution in [0.3, 0.4) is 0 Å². The monoisotopic (exact) mass is 932 g/mol. The lowest BCUT2D eigenvalue weighted by Gasteiger charge is -2.18. The summed E-state index contributed by atoms with van der Waals surface area (Å²) in [7, 11) is 11.1. The van der Waals surface area contributed by atoms with E-state index in [0.29, 0.717) is 39.8 Å². The highest BCUT2D eigenvalue weighted by Gasteiger charge is 2.23. The molecule has 0 unspecified atom stereocenters. The van der Waals surface area contributed by atoms with Crippen LogP contribution in [0.1, 0.15) is 45.7 Å². The van der Waals surface area contributed by atoms with Crippen LogP contribution in [-0.4, -0.2) is 72.6 Å². The Labute approximate surface area is 392 Å². The molecular weight excluding hydrogens is 882 g/mol. The number of benzene rings is 6. The Hall–Kier alpha value is -8.51. The van der Waals surface area contributed by atoms with Gasteiger partial charge in [0, 0.05) is 80.4 Å². The zero-order valence-electron chi connectivity index (χ0n) is 38.8. The molecule has 68 heavy (non-hydrogen) atoms. The molecule has 17 nitrogen and oxygen atoms in total. The first kappa shape index (κ1) is 48.9. The van der Waals surface area contributed by atoms with Crippen LogP contribution in [0.25, 0.3) is 12.2 Å². The molecule has 0 aliphatic heterocycles. The number of hydrazine groups is 1. The molecule has 0 aliphatic carbocycles. The van der Waals surface area contributed by atoms with Gasteiger partial charge in [0.25, 0.3) is 5.69 Å². The number of hydrogen-bond donors (Lipinski definition) is 3. The number of nitro benzene ring substituents is 1. The lowest BCUT2D eigenvalue weighted by atomic mass is 10.1. The van der Waals surface area contributed by atoms with Crippen LogP contribution < -0.4 is 59.0 Å². The number of ether oxygens (including phenoxy) is 8. The summed E-state index contributed by atoms with van der Waals surface area (Å²) in [5, 5.41) is 12.8. The molecule has 6 aromatic carbocycles. The van der Waals surface area contributed by atoms with Crippen molar-refractivity contribution in [2.75, 3.05) is 65.4 Å². The van der Waals surface area contributed by atoms with E-state index in [4.69, 9.17) is 37.9 Å². The van der Waals surface area contributed by atoms with E-state index in [9.17, 15) is 19.7 Å². The second-order valence-electron chi connectivity index (χ2n) is 15.2. The minimum Gasteiger partial charge on any atom is -0.496 e. The molecular formula is C50H51FN5O12+. The Morgan fingerprint density at radius 2 is 1.26 bits per heavy atom. The fourth-order valence-electron chi connectivity index (χ4n) is 6.75. The van der Waals surface area contributed by atoms with Gasteiger partial charge in [-0.05, 0) is 68.0 Å². The summed E-state index contributed by atoms with van der Waals surface area (Å²) in [5.41, 5.74) is 9.84. The van der Waals surface area contributed by atoms with Gasteiger partial charge in [0.15, 0.2) is 23.0 Å². The third-order valence-corrected chi connectivity index (χ3v) is 10.1. The third-order valence-electron chi connectivity index (χ3n) is 10.1. The number of nitrogens with one attached hydrogen (secondary N) is 2. The van der Waals surface area contributed by atoms with Gasteiger partial charge in [0.05, 0.1) is 57.8 Å². The van der Waals surface area contributed by atoms with Gasteiger partial charge in [-0.2, -0.15) is 0 Å². The van der Waals surface area contributed by atoms with Crippen molar-refractivity contribution in [1.29, 1.82) is 0 Å². The lowest BCUT2D eigenvalue weighted by molar-refractivity contribution is -0.479. The van der Waals surface area contributed by atoms with E-state index in [1.54, 1.807) is 68.8 Å². The number of non-ortho nitro benzene ring substituents is 1. The van der Waals surface area contributed by atoms with Crippen LogP contribution in [0.5, 0.6) is 46.0 Å². The maximum atomic E-state index is 15.7. The van der Waals surface area contributed by atoms with Crippen LogP contribution >= 0.6 is 0 Å². The van der Waals surface area contributed by atoms with Crippen LogP contribution in [0.4, 0.5) is 38.5 Å². The highest BCUT2D eigenvalue weighted by Crippen LogP contribution is 2.38. The van der Waals surface area contributed by atoms with Gasteiger partial charge >= 0.3 is 11.9 Å². The standard InChI is InChI=1S/C50H50FN5O12/c1-29(2)66-45-23-31(53-54-48-40(51)22-32(24-47(48)65-9)52-41-21-16-34(55(3)4)25-46(41)64-8)13-19-39(45)50(58)67-35-17-20-38(44(26-35)63-7)49(57)68-36-27-42(61-5)37(43(28-36)62-6)18-12-30-10-14-33(15-11-30)56(59)60/h10-29,52-54H,1-9H3/p+1/b18-12+. The summed E-state index contributed by atoms with van der Waals surface area (Å²) in [4.78, 5) is 39.7. The molecule has 0 fully saturated rings. The summed E-state index contributed by atoms with van der Waals surface area (Å²) < 4.78 is 60.9. The molecule has 0 radical (unpaired) electrons. The van der Waals surface area contributed by atoms with Crippen molar-refractivity contribution in [3.8, 4) is 46.0 Å². The van der Waals surface area contributed by atoms with E-state index < -0.39 is 22.7 Å². The van der Waals surface area contributed by atoms with Gasteiger partial charge < -0.3 is 48.2 Å². The maximum absolute atomic E-state index is 15.7. The molecule has 6 aromatic rings. The summed E-state index contributed by atoms with van der Waals surface area (Å²) in [6.07, 6.45) is 3.09. The van der Waals surface area contributed by atoms with Crippen LogP contribution in [0.2, 0.25) is 0 Å². The number of nitrogens with two attached hydrogens (primary N) is 1. The van der Waals surface area contributed by atoms with Crippen LogP contribution in [0, 0.1) is 15.9 Å². The van der Waals surface area contributed by atoms with Gasteiger partial charge in [0.2, 0.25) is 0 Å². The molecule has 0 saturated carbocycles. The van der Waals surface area contributed by atoms with Crippen molar-refractivity contribution in [3.05, 3.63) is 141 Å². The van der Waals surface area contributed by atoms with Crippen molar-refractivity contribution in [2.24, 2.45) is 0 Å². The Bertz CT molecular complexity index is 2810. The van der Waals surface area contributed by atoms with E-state index in [0.717, 1.165) is 11.4 Å².